The van der Waals surface area contributed by atoms with Crippen LogP contribution in [0.3, 0.4) is 0 Å². The van der Waals surface area contributed by atoms with Crippen molar-refractivity contribution < 1.29 is 14.3 Å². The lowest BCUT2D eigenvalue weighted by atomic mass is 10.2. The molecule has 0 aromatic heterocycles. The van der Waals surface area contributed by atoms with Crippen LogP contribution in [0.1, 0.15) is 37.6 Å². The van der Waals surface area contributed by atoms with Gasteiger partial charge in [0.25, 0.3) is 5.91 Å². The van der Waals surface area contributed by atoms with Crippen LogP contribution in [0.25, 0.3) is 0 Å². The van der Waals surface area contributed by atoms with Crippen LogP contribution < -0.4 is 14.8 Å². The summed E-state index contributed by atoms with van der Waals surface area (Å²) in [6.07, 6.45) is 0.963. The van der Waals surface area contributed by atoms with Gasteiger partial charge in [-0.05, 0) is 70.7 Å². The van der Waals surface area contributed by atoms with Gasteiger partial charge in [-0.15, -0.1) is 0 Å². The minimum Gasteiger partial charge on any atom is -0.494 e. The average molecular weight is 406 g/mol. The van der Waals surface area contributed by atoms with Crippen LogP contribution in [-0.4, -0.2) is 19.1 Å². The molecule has 0 bridgehead atoms. The SMILES string of the molecule is CCCOc1ccc(NC(=O)c2ccc(OCC(C)C)c(Br)c2)cc1. The van der Waals surface area contributed by atoms with E-state index in [1.165, 1.54) is 0 Å². The number of hydrogen-bond donors (Lipinski definition) is 1. The van der Waals surface area contributed by atoms with Crippen molar-refractivity contribution in [2.24, 2.45) is 5.92 Å². The van der Waals surface area contributed by atoms with Crippen molar-refractivity contribution in [3.05, 3.63) is 52.5 Å². The topological polar surface area (TPSA) is 47.6 Å². The van der Waals surface area contributed by atoms with Crippen LogP contribution in [0, 0.1) is 5.92 Å². The van der Waals surface area contributed by atoms with Gasteiger partial charge < -0.3 is 14.8 Å². The van der Waals surface area contributed by atoms with Crippen molar-refractivity contribution in [3.63, 3.8) is 0 Å². The highest BCUT2D eigenvalue weighted by Gasteiger charge is 2.10. The molecule has 0 saturated heterocycles. The Labute approximate surface area is 157 Å². The first-order valence-electron chi connectivity index (χ1n) is 8.46. The zero-order valence-corrected chi connectivity index (χ0v) is 16.4. The number of benzene rings is 2. The maximum absolute atomic E-state index is 12.4. The van der Waals surface area contributed by atoms with Crippen molar-refractivity contribution in [1.29, 1.82) is 0 Å². The Hall–Kier alpha value is -2.01. The third-order valence-electron chi connectivity index (χ3n) is 3.35. The first-order valence-corrected chi connectivity index (χ1v) is 9.25. The number of halogens is 1. The number of hydrogen-bond acceptors (Lipinski definition) is 3. The molecule has 2 aromatic rings. The molecule has 2 aromatic carbocycles. The Bertz CT molecular complexity index is 699. The Morgan fingerprint density at radius 1 is 1.12 bits per heavy atom. The molecule has 0 aliphatic heterocycles. The van der Waals surface area contributed by atoms with E-state index in [9.17, 15) is 4.79 Å². The Morgan fingerprint density at radius 2 is 1.84 bits per heavy atom. The Balaban J connectivity index is 1.99. The van der Waals surface area contributed by atoms with E-state index in [4.69, 9.17) is 9.47 Å². The molecule has 0 fully saturated rings. The normalized spacial score (nSPS) is 10.6. The van der Waals surface area contributed by atoms with Crippen LogP contribution in [0.4, 0.5) is 5.69 Å². The molecule has 0 aliphatic rings. The van der Waals surface area contributed by atoms with E-state index in [0.29, 0.717) is 24.7 Å². The first-order chi connectivity index (χ1) is 12.0. The summed E-state index contributed by atoms with van der Waals surface area (Å²) in [6, 6.07) is 12.7. The van der Waals surface area contributed by atoms with E-state index in [0.717, 1.165) is 28.1 Å². The van der Waals surface area contributed by atoms with Crippen molar-refractivity contribution in [2.75, 3.05) is 18.5 Å². The monoisotopic (exact) mass is 405 g/mol. The van der Waals surface area contributed by atoms with Gasteiger partial charge >= 0.3 is 0 Å². The molecule has 0 heterocycles. The van der Waals surface area contributed by atoms with Crippen LogP contribution >= 0.6 is 15.9 Å². The maximum atomic E-state index is 12.4. The molecule has 0 aliphatic carbocycles. The molecule has 1 N–H and O–H groups in total. The highest BCUT2D eigenvalue weighted by atomic mass is 79.9. The summed E-state index contributed by atoms with van der Waals surface area (Å²) >= 11 is 3.46. The van der Waals surface area contributed by atoms with Crippen molar-refractivity contribution in [1.82, 2.24) is 0 Å². The molecule has 134 valence electrons. The molecule has 5 heteroatoms. The molecular formula is C20H24BrNO3. The molecule has 4 nitrogen and oxygen atoms in total. The lowest BCUT2D eigenvalue weighted by molar-refractivity contribution is 0.102. The summed E-state index contributed by atoms with van der Waals surface area (Å²) < 4.78 is 12.0. The molecule has 1 amide bonds. The quantitative estimate of drug-likeness (QED) is 0.628. The number of anilines is 1. The van der Waals surface area contributed by atoms with Crippen LogP contribution in [-0.2, 0) is 0 Å². The van der Waals surface area contributed by atoms with Crippen molar-refractivity contribution >= 4 is 27.5 Å². The van der Waals surface area contributed by atoms with Gasteiger partial charge in [-0.25, -0.2) is 0 Å². The molecular weight excluding hydrogens is 382 g/mol. The van der Waals surface area contributed by atoms with E-state index in [-0.39, 0.29) is 5.91 Å². The predicted molar refractivity (Wildman–Crippen MR) is 105 cm³/mol. The van der Waals surface area contributed by atoms with Crippen LogP contribution in [0.15, 0.2) is 46.9 Å². The van der Waals surface area contributed by atoms with Gasteiger partial charge in [0.1, 0.15) is 11.5 Å². The van der Waals surface area contributed by atoms with Gasteiger partial charge in [0, 0.05) is 11.3 Å². The highest BCUT2D eigenvalue weighted by Crippen LogP contribution is 2.27. The van der Waals surface area contributed by atoms with Gasteiger partial charge in [-0.3, -0.25) is 4.79 Å². The second-order valence-electron chi connectivity index (χ2n) is 6.18. The smallest absolute Gasteiger partial charge is 0.255 e. The first kappa shape index (κ1) is 19.3. The summed E-state index contributed by atoms with van der Waals surface area (Å²) in [5.41, 5.74) is 1.29. The summed E-state index contributed by atoms with van der Waals surface area (Å²) in [7, 11) is 0. The van der Waals surface area contributed by atoms with E-state index in [1.54, 1.807) is 12.1 Å². The summed E-state index contributed by atoms with van der Waals surface area (Å²) in [5.74, 6) is 1.81. The maximum Gasteiger partial charge on any atom is 0.255 e. The number of nitrogens with one attached hydrogen (secondary N) is 1. The number of rotatable bonds is 8. The third kappa shape index (κ3) is 6.09. The number of ether oxygens (including phenoxy) is 2. The van der Waals surface area contributed by atoms with Crippen molar-refractivity contribution in [2.45, 2.75) is 27.2 Å². The number of carbonyl (C=O) groups excluding carboxylic acids is 1. The van der Waals surface area contributed by atoms with Gasteiger partial charge in [0.2, 0.25) is 0 Å². The fourth-order valence-electron chi connectivity index (χ4n) is 2.07. The molecule has 0 saturated carbocycles. The summed E-state index contributed by atoms with van der Waals surface area (Å²) in [6.45, 7) is 7.57. The lowest BCUT2D eigenvalue weighted by Gasteiger charge is -2.12. The number of amides is 1. The van der Waals surface area contributed by atoms with Gasteiger partial charge in [0.05, 0.1) is 17.7 Å². The van der Waals surface area contributed by atoms with Crippen LogP contribution in [0.2, 0.25) is 0 Å². The highest BCUT2D eigenvalue weighted by molar-refractivity contribution is 9.10. The Morgan fingerprint density at radius 3 is 2.44 bits per heavy atom. The van der Waals surface area contributed by atoms with E-state index >= 15 is 0 Å². The van der Waals surface area contributed by atoms with Gasteiger partial charge in [0.15, 0.2) is 0 Å². The zero-order chi connectivity index (χ0) is 18.2. The average Bonchev–Trinajstić information content (AvgIpc) is 2.59. The van der Waals surface area contributed by atoms with Crippen LogP contribution in [0.5, 0.6) is 11.5 Å². The predicted octanol–water partition coefficient (Wildman–Crippen LogP) is 5.53. The standard InChI is InChI=1S/C20H24BrNO3/c1-4-11-24-17-8-6-16(7-9-17)22-20(23)15-5-10-19(18(21)12-15)25-13-14(2)3/h5-10,12,14H,4,11,13H2,1-3H3,(H,22,23). The third-order valence-corrected chi connectivity index (χ3v) is 3.97. The zero-order valence-electron chi connectivity index (χ0n) is 14.8. The van der Waals surface area contributed by atoms with Crippen molar-refractivity contribution in [3.8, 4) is 11.5 Å². The largest absolute Gasteiger partial charge is 0.494 e. The second kappa shape index (κ2) is 9.47. The Kier molecular flexibility index (Phi) is 7.31. The lowest BCUT2D eigenvalue weighted by Crippen LogP contribution is -2.12. The minimum absolute atomic E-state index is 0.168. The molecule has 0 atom stereocenters. The second-order valence-corrected chi connectivity index (χ2v) is 7.03. The molecule has 2 rings (SSSR count). The van der Waals surface area contributed by atoms with Gasteiger partial charge in [-0.1, -0.05) is 20.8 Å². The summed E-state index contributed by atoms with van der Waals surface area (Å²) in [4.78, 5) is 12.4. The summed E-state index contributed by atoms with van der Waals surface area (Å²) in [5, 5.41) is 2.88. The number of carbonyl (C=O) groups is 1. The minimum atomic E-state index is -0.168. The van der Waals surface area contributed by atoms with E-state index in [1.807, 2.05) is 30.3 Å². The molecule has 25 heavy (non-hydrogen) atoms. The molecule has 0 unspecified atom stereocenters. The van der Waals surface area contributed by atoms with Gasteiger partial charge in [-0.2, -0.15) is 0 Å². The molecule has 0 radical (unpaired) electrons. The molecule has 0 spiro atoms. The fraction of sp³-hybridized carbons (Fsp3) is 0.350. The van der Waals surface area contributed by atoms with E-state index < -0.39 is 0 Å². The van der Waals surface area contributed by atoms with E-state index in [2.05, 4.69) is 42.0 Å². The fourth-order valence-corrected chi connectivity index (χ4v) is 2.57.